The van der Waals surface area contributed by atoms with E-state index in [9.17, 15) is 0 Å². The molecule has 0 aliphatic carbocycles. The third kappa shape index (κ3) is 3.00. The molecule has 1 unspecified atom stereocenters. The Bertz CT molecular complexity index is 700. The Hall–Kier alpha value is -2.07. The number of para-hydroxylation sites is 1. The molecule has 0 saturated heterocycles. The summed E-state index contributed by atoms with van der Waals surface area (Å²) in [7, 11) is 0. The van der Waals surface area contributed by atoms with Crippen LogP contribution < -0.4 is 5.32 Å². The van der Waals surface area contributed by atoms with E-state index in [1.165, 1.54) is 10.9 Å². The van der Waals surface area contributed by atoms with E-state index >= 15 is 0 Å². The van der Waals surface area contributed by atoms with Crippen molar-refractivity contribution in [1.29, 1.82) is 0 Å². The summed E-state index contributed by atoms with van der Waals surface area (Å²) in [4.78, 5) is 4.07. The van der Waals surface area contributed by atoms with Crippen LogP contribution in [0.2, 0.25) is 0 Å². The Morgan fingerprint density at radius 3 is 2.95 bits per heavy atom. The monoisotopic (exact) mass is 283 g/mol. The van der Waals surface area contributed by atoms with Gasteiger partial charge in [-0.25, -0.2) is 4.98 Å². The molecule has 1 N–H and O–H groups in total. The highest BCUT2D eigenvalue weighted by atomic mass is 16.3. The Morgan fingerprint density at radius 2 is 2.19 bits per heavy atom. The van der Waals surface area contributed by atoms with Crippen molar-refractivity contribution in [3.8, 4) is 0 Å². The number of nitrogens with zero attached hydrogens (tertiary/aromatic N) is 2. The quantitative estimate of drug-likeness (QED) is 0.754. The number of fused-ring (bicyclic) bond motifs is 1. The minimum atomic E-state index is 0.373. The van der Waals surface area contributed by atoms with Crippen molar-refractivity contribution in [3.05, 3.63) is 54.3 Å². The predicted octanol–water partition coefficient (Wildman–Crippen LogP) is 3.37. The van der Waals surface area contributed by atoms with Gasteiger partial charge < -0.3 is 14.3 Å². The Morgan fingerprint density at radius 1 is 1.33 bits per heavy atom. The number of aryl methyl sites for hydroxylation is 1. The van der Waals surface area contributed by atoms with Crippen LogP contribution in [0.3, 0.4) is 0 Å². The highest BCUT2D eigenvalue weighted by molar-refractivity contribution is 5.82. The van der Waals surface area contributed by atoms with Crippen molar-refractivity contribution in [2.24, 2.45) is 0 Å². The van der Waals surface area contributed by atoms with Crippen molar-refractivity contribution < 1.29 is 4.42 Å². The molecule has 1 aromatic carbocycles. The van der Waals surface area contributed by atoms with Crippen LogP contribution in [-0.4, -0.2) is 15.6 Å². The molecule has 4 nitrogen and oxygen atoms in total. The molecule has 0 fully saturated rings. The molecule has 0 aliphatic heterocycles. The standard InChI is InChI=1S/C17H21N3O/c1-3-16-15(14-6-4-5-7-17(14)21-16)10-19-13(2)11-20-9-8-18-12-20/h4-9,12-13,19H,3,10-11H2,1-2H3. The second-order valence-corrected chi connectivity index (χ2v) is 5.39. The molecule has 21 heavy (non-hydrogen) atoms. The maximum absolute atomic E-state index is 5.93. The molecule has 110 valence electrons. The normalized spacial score (nSPS) is 12.9. The van der Waals surface area contributed by atoms with Gasteiger partial charge in [-0.2, -0.15) is 0 Å². The van der Waals surface area contributed by atoms with Gasteiger partial charge in [0.1, 0.15) is 11.3 Å². The van der Waals surface area contributed by atoms with Gasteiger partial charge in [-0.3, -0.25) is 0 Å². The largest absolute Gasteiger partial charge is 0.461 e. The third-order valence-corrected chi connectivity index (χ3v) is 3.77. The van der Waals surface area contributed by atoms with Crippen molar-refractivity contribution in [1.82, 2.24) is 14.9 Å². The van der Waals surface area contributed by atoms with E-state index in [4.69, 9.17) is 4.42 Å². The molecule has 0 amide bonds. The van der Waals surface area contributed by atoms with Crippen molar-refractivity contribution in [3.63, 3.8) is 0 Å². The smallest absolute Gasteiger partial charge is 0.134 e. The summed E-state index contributed by atoms with van der Waals surface area (Å²) >= 11 is 0. The van der Waals surface area contributed by atoms with Crippen LogP contribution >= 0.6 is 0 Å². The fourth-order valence-electron chi connectivity index (χ4n) is 2.68. The Balaban J connectivity index is 1.72. The first kappa shape index (κ1) is 13.9. The van der Waals surface area contributed by atoms with Crippen LogP contribution in [-0.2, 0) is 19.5 Å². The van der Waals surface area contributed by atoms with Gasteiger partial charge in [0.25, 0.3) is 0 Å². The number of rotatable bonds is 6. The van der Waals surface area contributed by atoms with Gasteiger partial charge >= 0.3 is 0 Å². The zero-order valence-corrected chi connectivity index (χ0v) is 12.5. The molecular weight excluding hydrogens is 262 g/mol. The number of imidazole rings is 1. The van der Waals surface area contributed by atoms with Gasteiger partial charge in [-0.15, -0.1) is 0 Å². The first-order valence-electron chi connectivity index (χ1n) is 7.46. The molecule has 0 saturated carbocycles. The molecule has 0 aliphatic rings. The van der Waals surface area contributed by atoms with Crippen LogP contribution in [0.1, 0.15) is 25.2 Å². The van der Waals surface area contributed by atoms with Crippen LogP contribution in [0.15, 0.2) is 47.4 Å². The van der Waals surface area contributed by atoms with Crippen LogP contribution in [0.25, 0.3) is 11.0 Å². The van der Waals surface area contributed by atoms with Crippen LogP contribution in [0, 0.1) is 0 Å². The third-order valence-electron chi connectivity index (χ3n) is 3.77. The number of hydrogen-bond acceptors (Lipinski definition) is 3. The molecule has 1 atom stereocenters. The van der Waals surface area contributed by atoms with E-state index < -0.39 is 0 Å². The summed E-state index contributed by atoms with van der Waals surface area (Å²) in [5.41, 5.74) is 2.26. The average molecular weight is 283 g/mol. The zero-order chi connectivity index (χ0) is 14.7. The number of aromatic nitrogens is 2. The molecule has 0 radical (unpaired) electrons. The van der Waals surface area contributed by atoms with Gasteiger partial charge in [0.05, 0.1) is 6.33 Å². The second-order valence-electron chi connectivity index (χ2n) is 5.39. The molecule has 2 heterocycles. The lowest BCUT2D eigenvalue weighted by molar-refractivity contribution is 0.470. The van der Waals surface area contributed by atoms with E-state index in [0.717, 1.165) is 30.9 Å². The van der Waals surface area contributed by atoms with E-state index in [1.807, 2.05) is 30.9 Å². The summed E-state index contributed by atoms with van der Waals surface area (Å²) in [5.74, 6) is 1.08. The van der Waals surface area contributed by atoms with Crippen molar-refractivity contribution >= 4 is 11.0 Å². The predicted molar refractivity (Wildman–Crippen MR) is 84.1 cm³/mol. The zero-order valence-electron chi connectivity index (χ0n) is 12.5. The van der Waals surface area contributed by atoms with Gasteiger partial charge in [0, 0.05) is 48.9 Å². The molecule has 2 aromatic heterocycles. The lowest BCUT2D eigenvalue weighted by atomic mass is 10.1. The molecule has 3 rings (SSSR count). The first-order valence-corrected chi connectivity index (χ1v) is 7.46. The molecular formula is C17H21N3O. The Kier molecular flexibility index (Phi) is 4.06. The summed E-state index contributed by atoms with van der Waals surface area (Å²) < 4.78 is 8.02. The van der Waals surface area contributed by atoms with Crippen LogP contribution in [0.4, 0.5) is 0 Å². The minimum Gasteiger partial charge on any atom is -0.461 e. The number of nitrogens with one attached hydrogen (secondary N) is 1. The topological polar surface area (TPSA) is 43.0 Å². The van der Waals surface area contributed by atoms with Gasteiger partial charge in [0.15, 0.2) is 0 Å². The second kappa shape index (κ2) is 6.14. The van der Waals surface area contributed by atoms with E-state index in [-0.39, 0.29) is 0 Å². The number of hydrogen-bond donors (Lipinski definition) is 1. The molecule has 0 spiro atoms. The summed E-state index contributed by atoms with van der Waals surface area (Å²) in [5, 5.41) is 4.80. The van der Waals surface area contributed by atoms with Crippen molar-refractivity contribution in [2.45, 2.75) is 39.4 Å². The lowest BCUT2D eigenvalue weighted by Gasteiger charge is -2.14. The van der Waals surface area contributed by atoms with E-state index in [2.05, 4.69) is 40.8 Å². The van der Waals surface area contributed by atoms with Crippen LogP contribution in [0.5, 0.6) is 0 Å². The lowest BCUT2D eigenvalue weighted by Crippen LogP contribution is -2.29. The molecule has 3 aromatic rings. The number of benzene rings is 1. The molecule has 0 bridgehead atoms. The van der Waals surface area contributed by atoms with Crippen molar-refractivity contribution in [2.75, 3.05) is 0 Å². The SMILES string of the molecule is CCc1oc2ccccc2c1CNC(C)Cn1ccnc1. The first-order chi connectivity index (χ1) is 10.3. The highest BCUT2D eigenvalue weighted by Gasteiger charge is 2.13. The maximum atomic E-state index is 5.93. The minimum absolute atomic E-state index is 0.373. The van der Waals surface area contributed by atoms with Gasteiger partial charge in [0.2, 0.25) is 0 Å². The highest BCUT2D eigenvalue weighted by Crippen LogP contribution is 2.26. The fraction of sp³-hybridized carbons (Fsp3) is 0.353. The number of furan rings is 1. The van der Waals surface area contributed by atoms with Gasteiger partial charge in [-0.1, -0.05) is 25.1 Å². The average Bonchev–Trinajstić information content (AvgIpc) is 3.12. The summed E-state index contributed by atoms with van der Waals surface area (Å²) in [6, 6.07) is 8.63. The van der Waals surface area contributed by atoms with Gasteiger partial charge in [-0.05, 0) is 13.0 Å². The van der Waals surface area contributed by atoms with E-state index in [1.54, 1.807) is 0 Å². The Labute approximate surface area is 124 Å². The van der Waals surface area contributed by atoms with E-state index in [0.29, 0.717) is 6.04 Å². The fourth-order valence-corrected chi connectivity index (χ4v) is 2.68. The maximum Gasteiger partial charge on any atom is 0.134 e. The summed E-state index contributed by atoms with van der Waals surface area (Å²) in [6.07, 6.45) is 6.57. The summed E-state index contributed by atoms with van der Waals surface area (Å²) in [6.45, 7) is 6.07. The molecule has 4 heteroatoms.